The molecule has 4 rings (SSSR count). The number of carbonyl (C=O) groups excluding carboxylic acids is 1. The number of primary amides is 1. The number of fused-ring (bicyclic) bond motifs is 1. The first-order chi connectivity index (χ1) is 16.0. The molecular weight excluding hydrogens is 445 g/mol. The van der Waals surface area contributed by atoms with Crippen LogP contribution in [0.1, 0.15) is 45.1 Å². The van der Waals surface area contributed by atoms with Gasteiger partial charge in [-0.25, -0.2) is 4.98 Å². The smallest absolute Gasteiger partial charge is 0.393 e. The van der Waals surface area contributed by atoms with Crippen LogP contribution in [0.25, 0.3) is 10.8 Å². The Labute approximate surface area is 197 Å². The number of anilines is 1. The highest BCUT2D eigenvalue weighted by atomic mass is 19.4. The molecule has 3 N–H and O–H groups in total. The van der Waals surface area contributed by atoms with E-state index in [0.717, 1.165) is 37.8 Å². The zero-order valence-corrected chi connectivity index (χ0v) is 19.6. The summed E-state index contributed by atoms with van der Waals surface area (Å²) in [5.74, 6) is 0.397. The minimum atomic E-state index is -4.47. The van der Waals surface area contributed by atoms with Crippen molar-refractivity contribution in [2.45, 2.75) is 63.9 Å². The summed E-state index contributed by atoms with van der Waals surface area (Å²) in [6, 6.07) is 5.62. The van der Waals surface area contributed by atoms with Gasteiger partial charge in [0.05, 0.1) is 24.3 Å². The zero-order valence-electron chi connectivity index (χ0n) is 19.6. The topological polar surface area (TPSA) is 82.7 Å². The molecule has 0 spiro atoms. The lowest BCUT2D eigenvalue weighted by Crippen LogP contribution is -2.64. The molecule has 1 saturated carbocycles. The number of benzene rings is 1. The average Bonchev–Trinajstić information content (AvgIpc) is 2.75. The quantitative estimate of drug-likeness (QED) is 0.633. The fourth-order valence-electron chi connectivity index (χ4n) is 5.44. The van der Waals surface area contributed by atoms with Gasteiger partial charge in [-0.15, -0.1) is 0 Å². The molecule has 0 bridgehead atoms. The third kappa shape index (κ3) is 5.15. The number of hydrogen-bond acceptors (Lipinski definition) is 5. The van der Waals surface area contributed by atoms with Crippen LogP contribution in [0.5, 0.6) is 0 Å². The number of aliphatic hydroxyl groups excluding tert-OH is 1. The van der Waals surface area contributed by atoms with E-state index < -0.39 is 17.6 Å². The number of aliphatic hydroxyl groups is 1. The number of hydrogen-bond donors (Lipinski definition) is 2. The second-order valence-corrected chi connectivity index (χ2v) is 10.1. The third-order valence-electron chi connectivity index (χ3n) is 7.43. The van der Waals surface area contributed by atoms with Gasteiger partial charge in [-0.05, 0) is 61.1 Å². The lowest BCUT2D eigenvalue weighted by molar-refractivity contribution is -0.137. The second-order valence-electron chi connectivity index (χ2n) is 10.1. The number of amides is 1. The van der Waals surface area contributed by atoms with E-state index in [9.17, 15) is 23.1 Å². The number of halogens is 3. The first kappa shape index (κ1) is 24.7. The lowest BCUT2D eigenvalue weighted by Gasteiger charge is -2.50. The Hall–Kier alpha value is -2.39. The molecular formula is C25H33F3N4O2. The Morgan fingerprint density at radius 3 is 2.47 bits per heavy atom. The van der Waals surface area contributed by atoms with Crippen LogP contribution in [0.15, 0.2) is 30.5 Å². The molecule has 2 aliphatic rings. The first-order valence-corrected chi connectivity index (χ1v) is 12.0. The molecule has 1 aromatic carbocycles. The van der Waals surface area contributed by atoms with Gasteiger partial charge in [0, 0.05) is 30.7 Å². The van der Waals surface area contributed by atoms with Crippen molar-refractivity contribution in [2.75, 3.05) is 24.5 Å². The van der Waals surface area contributed by atoms with Gasteiger partial charge in [0.2, 0.25) is 5.91 Å². The maximum Gasteiger partial charge on any atom is 0.416 e. The predicted molar refractivity (Wildman–Crippen MR) is 125 cm³/mol. The number of carbonyl (C=O) groups is 1. The van der Waals surface area contributed by atoms with E-state index in [1.807, 2.05) is 13.8 Å². The third-order valence-corrected chi connectivity index (χ3v) is 7.43. The molecule has 1 aliphatic carbocycles. The number of pyridine rings is 1. The summed E-state index contributed by atoms with van der Waals surface area (Å²) in [7, 11) is 0. The van der Waals surface area contributed by atoms with Crippen LogP contribution in [-0.2, 0) is 11.0 Å². The largest absolute Gasteiger partial charge is 0.416 e. The SMILES string of the molecule is CC(C)C(O)C1CCC(N2CC(N(CC(N)=O)c3nccc4ccc(C(F)(F)F)cc34)C2)CC1. The van der Waals surface area contributed by atoms with Crippen molar-refractivity contribution in [1.29, 1.82) is 0 Å². The van der Waals surface area contributed by atoms with E-state index in [1.165, 1.54) is 6.07 Å². The first-order valence-electron chi connectivity index (χ1n) is 12.0. The molecule has 1 unspecified atom stereocenters. The van der Waals surface area contributed by atoms with Gasteiger partial charge >= 0.3 is 6.18 Å². The second kappa shape index (κ2) is 9.70. The van der Waals surface area contributed by atoms with Crippen LogP contribution in [-0.4, -0.2) is 58.7 Å². The molecule has 34 heavy (non-hydrogen) atoms. The van der Waals surface area contributed by atoms with Gasteiger partial charge in [-0.1, -0.05) is 19.9 Å². The van der Waals surface area contributed by atoms with E-state index in [4.69, 9.17) is 5.73 Å². The molecule has 9 heteroatoms. The van der Waals surface area contributed by atoms with Crippen molar-refractivity contribution in [1.82, 2.24) is 9.88 Å². The fourth-order valence-corrected chi connectivity index (χ4v) is 5.44. The summed E-state index contributed by atoms with van der Waals surface area (Å²) >= 11 is 0. The minimum absolute atomic E-state index is 0.0564. The summed E-state index contributed by atoms with van der Waals surface area (Å²) < 4.78 is 40.0. The highest BCUT2D eigenvalue weighted by Gasteiger charge is 2.40. The van der Waals surface area contributed by atoms with Gasteiger partial charge < -0.3 is 15.7 Å². The summed E-state index contributed by atoms with van der Waals surface area (Å²) in [5.41, 5.74) is 4.76. The molecule has 2 fully saturated rings. The van der Waals surface area contributed by atoms with E-state index in [1.54, 1.807) is 17.2 Å². The zero-order chi connectivity index (χ0) is 24.6. The van der Waals surface area contributed by atoms with E-state index >= 15 is 0 Å². The van der Waals surface area contributed by atoms with Crippen LogP contribution < -0.4 is 10.6 Å². The average molecular weight is 479 g/mol. The highest BCUT2D eigenvalue weighted by Crippen LogP contribution is 2.37. The Morgan fingerprint density at radius 2 is 1.88 bits per heavy atom. The number of rotatable bonds is 7. The summed E-state index contributed by atoms with van der Waals surface area (Å²) in [5, 5.41) is 11.4. The Kier molecular flexibility index (Phi) is 7.05. The molecule has 1 aromatic heterocycles. The predicted octanol–water partition coefficient (Wildman–Crippen LogP) is 3.81. The van der Waals surface area contributed by atoms with Crippen molar-refractivity contribution in [3.63, 3.8) is 0 Å². The number of nitrogens with two attached hydrogens (primary N) is 1. The van der Waals surface area contributed by atoms with E-state index in [-0.39, 0.29) is 24.6 Å². The summed E-state index contributed by atoms with van der Waals surface area (Å²) in [6.45, 7) is 5.39. The van der Waals surface area contributed by atoms with Crippen molar-refractivity contribution in [3.05, 3.63) is 36.0 Å². The van der Waals surface area contributed by atoms with Crippen molar-refractivity contribution >= 4 is 22.5 Å². The van der Waals surface area contributed by atoms with Crippen molar-refractivity contribution in [2.24, 2.45) is 17.6 Å². The van der Waals surface area contributed by atoms with Gasteiger partial charge in [-0.2, -0.15) is 13.2 Å². The van der Waals surface area contributed by atoms with Crippen LogP contribution in [0, 0.1) is 11.8 Å². The van der Waals surface area contributed by atoms with Gasteiger partial charge in [-0.3, -0.25) is 9.69 Å². The molecule has 6 nitrogen and oxygen atoms in total. The Morgan fingerprint density at radius 1 is 1.21 bits per heavy atom. The standard InChI is InChI=1S/C25H33F3N4O2/c1-15(2)23(34)17-4-7-19(8-5-17)31-12-20(13-31)32(14-22(29)33)24-21-11-18(25(26,27)28)6-3-16(21)9-10-30-24/h3,6,9-11,15,17,19-20,23,34H,4-5,7-8,12-14H2,1-2H3,(H2,29,33). The number of nitrogens with zero attached hydrogens (tertiary/aromatic N) is 3. The number of aromatic nitrogens is 1. The number of likely N-dealkylation sites (tertiary alicyclic amines) is 1. The molecule has 1 amide bonds. The Balaban J connectivity index is 1.49. The summed E-state index contributed by atoms with van der Waals surface area (Å²) in [4.78, 5) is 20.4. The van der Waals surface area contributed by atoms with Gasteiger partial charge in [0.25, 0.3) is 0 Å². The van der Waals surface area contributed by atoms with Crippen molar-refractivity contribution < 1.29 is 23.1 Å². The van der Waals surface area contributed by atoms with Gasteiger partial charge in [0.15, 0.2) is 0 Å². The minimum Gasteiger partial charge on any atom is -0.393 e. The molecule has 1 aliphatic heterocycles. The maximum atomic E-state index is 13.3. The van der Waals surface area contributed by atoms with Crippen LogP contribution in [0.2, 0.25) is 0 Å². The molecule has 2 aromatic rings. The van der Waals surface area contributed by atoms with E-state index in [2.05, 4.69) is 9.88 Å². The molecule has 0 radical (unpaired) electrons. The fraction of sp³-hybridized carbons (Fsp3) is 0.600. The van der Waals surface area contributed by atoms with Crippen LogP contribution in [0.4, 0.5) is 19.0 Å². The normalized spacial score (nSPS) is 23.1. The highest BCUT2D eigenvalue weighted by molar-refractivity contribution is 5.94. The summed E-state index contributed by atoms with van der Waals surface area (Å²) in [6.07, 6.45) is 0.816. The van der Waals surface area contributed by atoms with E-state index in [0.29, 0.717) is 41.6 Å². The van der Waals surface area contributed by atoms with Crippen LogP contribution in [0.3, 0.4) is 0 Å². The number of alkyl halides is 3. The molecule has 186 valence electrons. The maximum absolute atomic E-state index is 13.3. The van der Waals surface area contributed by atoms with Crippen LogP contribution >= 0.6 is 0 Å². The van der Waals surface area contributed by atoms with Crippen molar-refractivity contribution in [3.8, 4) is 0 Å². The molecule has 1 saturated heterocycles. The molecule has 2 heterocycles. The monoisotopic (exact) mass is 478 g/mol. The Bertz CT molecular complexity index is 1010. The van der Waals surface area contributed by atoms with Gasteiger partial charge in [0.1, 0.15) is 5.82 Å². The lowest BCUT2D eigenvalue weighted by atomic mass is 9.78. The molecule has 1 atom stereocenters.